The molecule has 84 valence electrons. The van der Waals surface area contributed by atoms with Gasteiger partial charge in [0, 0.05) is 13.1 Å². The van der Waals surface area contributed by atoms with Gasteiger partial charge in [0.15, 0.2) is 0 Å². The van der Waals surface area contributed by atoms with E-state index in [4.69, 9.17) is 0 Å². The fraction of sp³-hybridized carbons (Fsp3) is 0.636. The first-order chi connectivity index (χ1) is 7.17. The second-order valence-corrected chi connectivity index (χ2v) is 3.84. The first-order valence-corrected chi connectivity index (χ1v) is 5.35. The predicted octanol–water partition coefficient (Wildman–Crippen LogP) is 0.595. The van der Waals surface area contributed by atoms with Gasteiger partial charge in [0.2, 0.25) is 11.8 Å². The number of hydrogen-bond donors (Lipinski definition) is 2. The maximum atomic E-state index is 11.7. The number of nitrogens with one attached hydrogen (secondary N) is 2. The summed E-state index contributed by atoms with van der Waals surface area (Å²) >= 11 is 0. The van der Waals surface area contributed by atoms with Crippen LogP contribution in [0.2, 0.25) is 0 Å². The summed E-state index contributed by atoms with van der Waals surface area (Å²) in [4.78, 5) is 23.4. The normalized spacial score (nSPS) is 16.6. The molecule has 1 saturated carbocycles. The van der Waals surface area contributed by atoms with Crippen LogP contribution in [0.3, 0.4) is 0 Å². The molecule has 1 aliphatic carbocycles. The van der Waals surface area contributed by atoms with Crippen molar-refractivity contribution in [2.45, 2.75) is 26.2 Å². The lowest BCUT2D eigenvalue weighted by Gasteiger charge is -2.14. The summed E-state index contributed by atoms with van der Waals surface area (Å²) in [6, 6.07) is 0. The molecule has 0 bridgehead atoms. The maximum absolute atomic E-state index is 11.7. The van der Waals surface area contributed by atoms with Crippen molar-refractivity contribution >= 4 is 11.8 Å². The van der Waals surface area contributed by atoms with Crippen LogP contribution in [-0.2, 0) is 9.59 Å². The van der Waals surface area contributed by atoms with Gasteiger partial charge in [0.1, 0.15) is 5.41 Å². The van der Waals surface area contributed by atoms with Crippen LogP contribution in [0.5, 0.6) is 0 Å². The third-order valence-corrected chi connectivity index (χ3v) is 2.56. The van der Waals surface area contributed by atoms with E-state index < -0.39 is 5.41 Å². The molecule has 0 radical (unpaired) electrons. The standard InChI is InChI=1S/C11H18N2O2/c1-3-7-12-9(14)11(5-6-11)10(15)13-8-4-2/h3H,1,4-8H2,2H3,(H,12,14)(H,13,15). The highest BCUT2D eigenvalue weighted by molar-refractivity contribution is 6.07. The fourth-order valence-corrected chi connectivity index (χ4v) is 1.42. The Balaban J connectivity index is 2.47. The Labute approximate surface area is 90.1 Å². The molecule has 4 nitrogen and oxygen atoms in total. The van der Waals surface area contributed by atoms with Gasteiger partial charge in [-0.25, -0.2) is 0 Å². The summed E-state index contributed by atoms with van der Waals surface area (Å²) < 4.78 is 0. The SMILES string of the molecule is C=CCNC(=O)C1(C(=O)NCCC)CC1. The van der Waals surface area contributed by atoms with E-state index in [0.29, 0.717) is 25.9 Å². The first kappa shape index (κ1) is 11.8. The number of amides is 2. The highest BCUT2D eigenvalue weighted by Gasteiger charge is 2.56. The Morgan fingerprint density at radius 3 is 2.40 bits per heavy atom. The van der Waals surface area contributed by atoms with Crippen LogP contribution >= 0.6 is 0 Å². The molecule has 0 aromatic rings. The van der Waals surface area contributed by atoms with Gasteiger partial charge >= 0.3 is 0 Å². The summed E-state index contributed by atoms with van der Waals surface area (Å²) in [6.45, 7) is 6.55. The zero-order chi connectivity index (χ0) is 11.3. The third-order valence-electron chi connectivity index (χ3n) is 2.56. The van der Waals surface area contributed by atoms with E-state index in [-0.39, 0.29) is 11.8 Å². The van der Waals surface area contributed by atoms with Gasteiger partial charge in [0.05, 0.1) is 0 Å². The zero-order valence-corrected chi connectivity index (χ0v) is 9.14. The summed E-state index contributed by atoms with van der Waals surface area (Å²) in [5.74, 6) is -0.304. The molecule has 0 heterocycles. The molecule has 4 heteroatoms. The molecular weight excluding hydrogens is 192 g/mol. The van der Waals surface area contributed by atoms with Crippen molar-refractivity contribution in [3.8, 4) is 0 Å². The van der Waals surface area contributed by atoms with Crippen LogP contribution in [-0.4, -0.2) is 24.9 Å². The molecule has 0 atom stereocenters. The Bertz CT molecular complexity index is 270. The number of hydrogen-bond acceptors (Lipinski definition) is 2. The van der Waals surface area contributed by atoms with Crippen molar-refractivity contribution in [1.29, 1.82) is 0 Å². The van der Waals surface area contributed by atoms with E-state index in [1.807, 2.05) is 6.92 Å². The minimum Gasteiger partial charge on any atom is -0.355 e. The highest BCUT2D eigenvalue weighted by atomic mass is 16.2. The summed E-state index contributed by atoms with van der Waals surface area (Å²) in [6.07, 6.45) is 3.81. The van der Waals surface area contributed by atoms with Crippen molar-refractivity contribution in [3.63, 3.8) is 0 Å². The average Bonchev–Trinajstić information content (AvgIpc) is 3.03. The first-order valence-electron chi connectivity index (χ1n) is 5.35. The predicted molar refractivity (Wildman–Crippen MR) is 58.2 cm³/mol. The summed E-state index contributed by atoms with van der Waals surface area (Å²) in [5.41, 5.74) is -0.780. The van der Waals surface area contributed by atoms with Gasteiger partial charge in [0.25, 0.3) is 0 Å². The Morgan fingerprint density at radius 2 is 1.93 bits per heavy atom. The van der Waals surface area contributed by atoms with Gasteiger partial charge in [-0.1, -0.05) is 13.0 Å². The monoisotopic (exact) mass is 210 g/mol. The van der Waals surface area contributed by atoms with Gasteiger partial charge < -0.3 is 10.6 Å². The quantitative estimate of drug-likeness (QED) is 0.498. The molecule has 0 aromatic carbocycles. The molecule has 0 aliphatic heterocycles. The van der Waals surface area contributed by atoms with Crippen LogP contribution in [0.1, 0.15) is 26.2 Å². The van der Waals surface area contributed by atoms with Crippen molar-refractivity contribution in [1.82, 2.24) is 10.6 Å². The second kappa shape index (κ2) is 4.96. The van der Waals surface area contributed by atoms with E-state index in [1.165, 1.54) is 0 Å². The minimum absolute atomic E-state index is 0.133. The van der Waals surface area contributed by atoms with Crippen LogP contribution in [0.15, 0.2) is 12.7 Å². The van der Waals surface area contributed by atoms with Crippen molar-refractivity contribution in [2.24, 2.45) is 5.41 Å². The number of carbonyl (C=O) groups is 2. The van der Waals surface area contributed by atoms with E-state index >= 15 is 0 Å². The molecule has 0 saturated heterocycles. The zero-order valence-electron chi connectivity index (χ0n) is 9.14. The maximum Gasteiger partial charge on any atom is 0.235 e. The summed E-state index contributed by atoms with van der Waals surface area (Å²) in [7, 11) is 0. The Kier molecular flexibility index (Phi) is 3.88. The molecule has 0 unspecified atom stereocenters. The van der Waals surface area contributed by atoms with E-state index in [2.05, 4.69) is 17.2 Å². The van der Waals surface area contributed by atoms with Crippen molar-refractivity contribution in [2.75, 3.05) is 13.1 Å². The smallest absolute Gasteiger partial charge is 0.235 e. The molecular formula is C11H18N2O2. The van der Waals surface area contributed by atoms with Gasteiger partial charge in [-0.15, -0.1) is 6.58 Å². The topological polar surface area (TPSA) is 58.2 Å². The van der Waals surface area contributed by atoms with E-state index in [9.17, 15) is 9.59 Å². The van der Waals surface area contributed by atoms with E-state index in [1.54, 1.807) is 6.08 Å². The lowest BCUT2D eigenvalue weighted by atomic mass is 10.1. The van der Waals surface area contributed by atoms with Gasteiger partial charge in [-0.3, -0.25) is 9.59 Å². The average molecular weight is 210 g/mol. The lowest BCUT2D eigenvalue weighted by molar-refractivity contribution is -0.137. The van der Waals surface area contributed by atoms with Crippen LogP contribution in [0.25, 0.3) is 0 Å². The number of rotatable bonds is 6. The van der Waals surface area contributed by atoms with Crippen molar-refractivity contribution < 1.29 is 9.59 Å². The van der Waals surface area contributed by atoms with Crippen LogP contribution in [0, 0.1) is 5.41 Å². The van der Waals surface area contributed by atoms with Crippen LogP contribution < -0.4 is 10.6 Å². The molecule has 1 rings (SSSR count). The van der Waals surface area contributed by atoms with Gasteiger partial charge in [-0.05, 0) is 19.3 Å². The molecule has 0 spiro atoms. The molecule has 1 aliphatic rings. The van der Waals surface area contributed by atoms with Crippen molar-refractivity contribution in [3.05, 3.63) is 12.7 Å². The summed E-state index contributed by atoms with van der Waals surface area (Å²) in [5, 5.41) is 5.44. The Hall–Kier alpha value is -1.32. The molecule has 2 amide bonds. The molecule has 1 fully saturated rings. The molecule has 0 aromatic heterocycles. The fourth-order valence-electron chi connectivity index (χ4n) is 1.42. The lowest BCUT2D eigenvalue weighted by Crippen LogP contribution is -2.43. The second-order valence-electron chi connectivity index (χ2n) is 3.84. The largest absolute Gasteiger partial charge is 0.355 e. The minimum atomic E-state index is -0.780. The molecule has 15 heavy (non-hydrogen) atoms. The molecule has 2 N–H and O–H groups in total. The van der Waals surface area contributed by atoms with Gasteiger partial charge in [-0.2, -0.15) is 0 Å². The Morgan fingerprint density at radius 1 is 1.33 bits per heavy atom. The number of carbonyl (C=O) groups excluding carboxylic acids is 2. The third kappa shape index (κ3) is 2.58. The van der Waals surface area contributed by atoms with Crippen LogP contribution in [0.4, 0.5) is 0 Å². The van der Waals surface area contributed by atoms with E-state index in [0.717, 1.165) is 6.42 Å². The highest BCUT2D eigenvalue weighted by Crippen LogP contribution is 2.46.